The zero-order valence-corrected chi connectivity index (χ0v) is 13.2. The lowest BCUT2D eigenvalue weighted by Crippen LogP contribution is -2.41. The van der Waals surface area contributed by atoms with Gasteiger partial charge < -0.3 is 5.32 Å². The van der Waals surface area contributed by atoms with Crippen molar-refractivity contribution in [2.75, 3.05) is 13.1 Å². The molecule has 0 aliphatic heterocycles. The highest BCUT2D eigenvalue weighted by atomic mass is 19.4. The van der Waals surface area contributed by atoms with E-state index in [0.717, 1.165) is 19.2 Å². The van der Waals surface area contributed by atoms with Crippen LogP contribution < -0.4 is 5.32 Å². The smallest absolute Gasteiger partial charge is 0.311 e. The summed E-state index contributed by atoms with van der Waals surface area (Å²) in [7, 11) is 0. The number of alkyl halides is 3. The Morgan fingerprint density at radius 3 is 2.24 bits per heavy atom. The number of hydrogen-bond donors (Lipinski definition) is 1. The summed E-state index contributed by atoms with van der Waals surface area (Å²) in [5.41, 5.74) is 0.0678. The summed E-state index contributed by atoms with van der Waals surface area (Å²) in [6, 6.07) is 6.39. The summed E-state index contributed by atoms with van der Waals surface area (Å²) >= 11 is 0. The van der Waals surface area contributed by atoms with Gasteiger partial charge in [-0.3, -0.25) is 4.90 Å². The maximum absolute atomic E-state index is 12.6. The lowest BCUT2D eigenvalue weighted by Gasteiger charge is -2.30. The first kappa shape index (κ1) is 18.0. The molecule has 1 rings (SSSR count). The molecule has 0 unspecified atom stereocenters. The number of nitrogens with one attached hydrogen (secondary N) is 1. The predicted octanol–water partition coefficient (Wildman–Crippen LogP) is 3.91. The predicted molar refractivity (Wildman–Crippen MR) is 80.1 cm³/mol. The quantitative estimate of drug-likeness (QED) is 0.768. The second-order valence-corrected chi connectivity index (χ2v) is 5.80. The number of benzene rings is 1. The largest absolute Gasteiger partial charge is 0.416 e. The van der Waals surface area contributed by atoms with E-state index in [2.05, 4.69) is 37.9 Å². The molecule has 0 amide bonds. The number of hydrogen-bond acceptors (Lipinski definition) is 2. The zero-order chi connectivity index (χ0) is 16.0. The van der Waals surface area contributed by atoms with E-state index < -0.39 is 11.7 Å². The molecule has 21 heavy (non-hydrogen) atoms. The van der Waals surface area contributed by atoms with Gasteiger partial charge in [0.05, 0.1) is 5.56 Å². The molecule has 0 saturated heterocycles. The van der Waals surface area contributed by atoms with Gasteiger partial charge in [0.25, 0.3) is 0 Å². The van der Waals surface area contributed by atoms with Crippen LogP contribution in [-0.4, -0.2) is 30.1 Å². The highest BCUT2D eigenvalue weighted by Crippen LogP contribution is 2.29. The number of rotatable bonds is 7. The molecule has 0 aliphatic rings. The Morgan fingerprint density at radius 2 is 1.71 bits per heavy atom. The van der Waals surface area contributed by atoms with Crippen LogP contribution in [0.2, 0.25) is 0 Å². The van der Waals surface area contributed by atoms with Crippen molar-refractivity contribution in [1.29, 1.82) is 0 Å². The fraction of sp³-hybridized carbons (Fsp3) is 0.625. The van der Waals surface area contributed by atoms with E-state index in [9.17, 15) is 13.2 Å². The Labute approximate surface area is 125 Å². The van der Waals surface area contributed by atoms with Crippen molar-refractivity contribution in [2.24, 2.45) is 0 Å². The molecule has 0 saturated carbocycles. The van der Waals surface area contributed by atoms with Gasteiger partial charge in [-0.1, -0.05) is 18.2 Å². The highest BCUT2D eigenvalue weighted by molar-refractivity contribution is 5.25. The summed E-state index contributed by atoms with van der Waals surface area (Å²) in [6.07, 6.45) is -4.28. The number of halogens is 3. The molecule has 0 atom stereocenters. The first-order chi connectivity index (χ1) is 9.71. The van der Waals surface area contributed by atoms with Gasteiger partial charge in [-0.15, -0.1) is 0 Å². The lowest BCUT2D eigenvalue weighted by molar-refractivity contribution is -0.137. The molecule has 1 N–H and O–H groups in total. The van der Waals surface area contributed by atoms with Crippen LogP contribution >= 0.6 is 0 Å². The average molecular weight is 302 g/mol. The van der Waals surface area contributed by atoms with Crippen LogP contribution in [0.15, 0.2) is 24.3 Å². The summed E-state index contributed by atoms with van der Waals surface area (Å²) in [5.74, 6) is 0. The SMILES string of the molecule is CC(C)N(CCNCc1cccc(C(F)(F)F)c1)C(C)C. The third-order valence-electron chi connectivity index (χ3n) is 3.46. The maximum Gasteiger partial charge on any atom is 0.416 e. The Hall–Kier alpha value is -1.07. The Morgan fingerprint density at radius 1 is 1.10 bits per heavy atom. The van der Waals surface area contributed by atoms with Crippen molar-refractivity contribution in [2.45, 2.75) is 52.5 Å². The van der Waals surface area contributed by atoms with E-state index in [0.29, 0.717) is 24.2 Å². The van der Waals surface area contributed by atoms with Crippen LogP contribution in [0.4, 0.5) is 13.2 Å². The minimum atomic E-state index is -4.28. The van der Waals surface area contributed by atoms with Crippen molar-refractivity contribution in [1.82, 2.24) is 10.2 Å². The van der Waals surface area contributed by atoms with E-state index >= 15 is 0 Å². The summed E-state index contributed by atoms with van der Waals surface area (Å²) in [5, 5.41) is 3.21. The summed E-state index contributed by atoms with van der Waals surface area (Å²) in [4.78, 5) is 2.35. The van der Waals surface area contributed by atoms with E-state index in [1.807, 2.05) is 0 Å². The van der Waals surface area contributed by atoms with Crippen LogP contribution in [0, 0.1) is 0 Å². The molecule has 0 spiro atoms. The molecule has 0 fully saturated rings. The van der Waals surface area contributed by atoms with E-state index in [-0.39, 0.29) is 0 Å². The van der Waals surface area contributed by atoms with Crippen molar-refractivity contribution in [3.05, 3.63) is 35.4 Å². The maximum atomic E-state index is 12.6. The van der Waals surface area contributed by atoms with Gasteiger partial charge >= 0.3 is 6.18 Å². The fourth-order valence-corrected chi connectivity index (χ4v) is 2.41. The summed E-state index contributed by atoms with van der Waals surface area (Å²) < 4.78 is 37.8. The van der Waals surface area contributed by atoms with Gasteiger partial charge in [0.1, 0.15) is 0 Å². The normalized spacial score (nSPS) is 12.7. The standard InChI is InChI=1S/C16H25F3N2/c1-12(2)21(13(3)4)9-8-20-11-14-6-5-7-15(10-14)16(17,18)19/h5-7,10,12-13,20H,8-9,11H2,1-4H3. The van der Waals surface area contributed by atoms with Crippen LogP contribution in [0.5, 0.6) is 0 Å². The molecule has 0 aliphatic carbocycles. The summed E-state index contributed by atoms with van der Waals surface area (Å²) in [6.45, 7) is 10.7. The molecular formula is C16H25F3N2. The Kier molecular flexibility index (Phi) is 6.68. The highest BCUT2D eigenvalue weighted by Gasteiger charge is 2.30. The molecule has 0 bridgehead atoms. The molecule has 0 radical (unpaired) electrons. The fourth-order valence-electron chi connectivity index (χ4n) is 2.41. The molecular weight excluding hydrogens is 277 g/mol. The first-order valence-electron chi connectivity index (χ1n) is 7.34. The molecule has 0 aromatic heterocycles. The monoisotopic (exact) mass is 302 g/mol. The van der Waals surface area contributed by atoms with Crippen LogP contribution in [0.25, 0.3) is 0 Å². The molecule has 5 heteroatoms. The minimum absolute atomic E-state index is 0.452. The van der Waals surface area contributed by atoms with E-state index in [4.69, 9.17) is 0 Å². The molecule has 0 heterocycles. The first-order valence-corrected chi connectivity index (χ1v) is 7.34. The van der Waals surface area contributed by atoms with Crippen LogP contribution in [0.1, 0.15) is 38.8 Å². The van der Waals surface area contributed by atoms with E-state index in [1.54, 1.807) is 6.07 Å². The molecule has 1 aromatic carbocycles. The van der Waals surface area contributed by atoms with Crippen molar-refractivity contribution >= 4 is 0 Å². The van der Waals surface area contributed by atoms with E-state index in [1.165, 1.54) is 12.1 Å². The second kappa shape index (κ2) is 7.80. The van der Waals surface area contributed by atoms with Crippen molar-refractivity contribution < 1.29 is 13.2 Å². The molecule has 1 aromatic rings. The third-order valence-corrected chi connectivity index (χ3v) is 3.46. The topological polar surface area (TPSA) is 15.3 Å². The van der Waals surface area contributed by atoms with Crippen molar-refractivity contribution in [3.8, 4) is 0 Å². The second-order valence-electron chi connectivity index (χ2n) is 5.80. The average Bonchev–Trinajstić information content (AvgIpc) is 2.37. The van der Waals surface area contributed by atoms with Gasteiger partial charge in [0, 0.05) is 31.7 Å². The van der Waals surface area contributed by atoms with Crippen LogP contribution in [-0.2, 0) is 12.7 Å². The molecule has 2 nitrogen and oxygen atoms in total. The Balaban J connectivity index is 2.46. The van der Waals surface area contributed by atoms with Crippen molar-refractivity contribution in [3.63, 3.8) is 0 Å². The van der Waals surface area contributed by atoms with Gasteiger partial charge in [-0.05, 0) is 39.3 Å². The van der Waals surface area contributed by atoms with Gasteiger partial charge in [0.2, 0.25) is 0 Å². The third kappa shape index (κ3) is 6.06. The lowest BCUT2D eigenvalue weighted by atomic mass is 10.1. The van der Waals surface area contributed by atoms with Gasteiger partial charge in [-0.2, -0.15) is 13.2 Å². The van der Waals surface area contributed by atoms with Gasteiger partial charge in [-0.25, -0.2) is 0 Å². The van der Waals surface area contributed by atoms with Crippen LogP contribution in [0.3, 0.4) is 0 Å². The van der Waals surface area contributed by atoms with Gasteiger partial charge in [0.15, 0.2) is 0 Å². The Bertz CT molecular complexity index is 420. The molecule has 120 valence electrons. The number of nitrogens with zero attached hydrogens (tertiary/aromatic N) is 1. The minimum Gasteiger partial charge on any atom is -0.311 e. The zero-order valence-electron chi connectivity index (χ0n) is 13.2.